The molecule has 3 aromatic carbocycles. The number of pyridine rings is 1. The van der Waals surface area contributed by atoms with E-state index in [0.717, 1.165) is 10.8 Å². The molecule has 8 nitrogen and oxygen atoms in total. The lowest BCUT2D eigenvalue weighted by Gasteiger charge is -2.18. The maximum Gasteiger partial charge on any atom is 0.353 e. The van der Waals surface area contributed by atoms with E-state index in [0.29, 0.717) is 5.56 Å². The van der Waals surface area contributed by atoms with Gasteiger partial charge in [0.1, 0.15) is 5.69 Å². The van der Waals surface area contributed by atoms with Gasteiger partial charge in [-0.25, -0.2) is 18.0 Å². The molecule has 1 aromatic heterocycles. The van der Waals surface area contributed by atoms with Gasteiger partial charge in [0.25, 0.3) is 5.56 Å². The lowest BCUT2D eigenvalue weighted by molar-refractivity contribution is 0.0679. The highest BCUT2D eigenvalue weighted by atomic mass is 35.5. The van der Waals surface area contributed by atoms with E-state index in [1.54, 1.807) is 6.07 Å². The summed E-state index contributed by atoms with van der Waals surface area (Å²) < 4.78 is 24.6. The van der Waals surface area contributed by atoms with Crippen molar-refractivity contribution in [3.8, 4) is 11.1 Å². The number of rotatable bonds is 6. The number of hydrogen-bond donors (Lipinski definition) is 2. The number of nitrogens with zero attached hydrogens (tertiary/aromatic N) is 1. The number of halogens is 1. The van der Waals surface area contributed by atoms with E-state index >= 15 is 0 Å². The third-order valence-electron chi connectivity index (χ3n) is 5.53. The first-order valence-electron chi connectivity index (χ1n) is 10.2. The van der Waals surface area contributed by atoms with Gasteiger partial charge in [0.2, 0.25) is 0 Å². The standard InChI is InChI=1S/C25H18ClNO7S/c1-35(33,34)18-8-5-14(6-9-18)13-27-22(25(31)32)21(15-3-2-4-16(11-15)24(29)30)20-12-17(26)7-10-19(20)23(27)28/h2-12H,13H2,1H3,(H,29,30)(H,31,32). The number of carboxylic acids is 2. The molecule has 0 saturated heterocycles. The van der Waals surface area contributed by atoms with Crippen LogP contribution in [0.25, 0.3) is 21.9 Å². The fourth-order valence-electron chi connectivity index (χ4n) is 3.92. The van der Waals surface area contributed by atoms with E-state index < -0.39 is 27.3 Å². The Hall–Kier alpha value is -3.95. The average Bonchev–Trinajstić information content (AvgIpc) is 2.80. The molecule has 2 N–H and O–H groups in total. The van der Waals surface area contributed by atoms with Crippen LogP contribution < -0.4 is 5.56 Å². The number of carbonyl (C=O) groups is 2. The smallest absolute Gasteiger partial charge is 0.353 e. The van der Waals surface area contributed by atoms with Crippen LogP contribution >= 0.6 is 11.6 Å². The molecule has 10 heteroatoms. The predicted molar refractivity (Wildman–Crippen MR) is 131 cm³/mol. The van der Waals surface area contributed by atoms with Crippen molar-refractivity contribution in [2.24, 2.45) is 0 Å². The first kappa shape index (κ1) is 24.2. The summed E-state index contributed by atoms with van der Waals surface area (Å²) in [5.41, 5.74) is -0.0521. The van der Waals surface area contributed by atoms with Crippen LogP contribution in [-0.4, -0.2) is 41.4 Å². The molecular formula is C25H18ClNO7S. The molecule has 0 atom stereocenters. The van der Waals surface area contributed by atoms with E-state index in [4.69, 9.17) is 11.6 Å². The molecule has 0 aliphatic carbocycles. The Balaban J connectivity index is 2.04. The number of sulfone groups is 1. The molecule has 0 amide bonds. The highest BCUT2D eigenvalue weighted by molar-refractivity contribution is 7.90. The molecule has 0 bridgehead atoms. The molecule has 0 unspecified atom stereocenters. The molecule has 4 aromatic rings. The van der Waals surface area contributed by atoms with Gasteiger partial charge in [0.05, 0.1) is 17.0 Å². The van der Waals surface area contributed by atoms with Crippen LogP contribution in [0.2, 0.25) is 5.02 Å². The zero-order valence-electron chi connectivity index (χ0n) is 18.2. The van der Waals surface area contributed by atoms with E-state index in [1.807, 2.05) is 0 Å². The van der Waals surface area contributed by atoms with Crippen molar-refractivity contribution in [2.45, 2.75) is 11.4 Å². The zero-order valence-corrected chi connectivity index (χ0v) is 19.8. The number of aromatic carboxylic acids is 2. The summed E-state index contributed by atoms with van der Waals surface area (Å²) in [4.78, 5) is 37.6. The Kier molecular flexibility index (Phi) is 6.23. The molecule has 0 radical (unpaired) electrons. The summed E-state index contributed by atoms with van der Waals surface area (Å²) >= 11 is 6.17. The summed E-state index contributed by atoms with van der Waals surface area (Å²) in [6.07, 6.45) is 1.07. The molecule has 0 fully saturated rings. The van der Waals surface area contributed by atoms with Crippen molar-refractivity contribution in [1.82, 2.24) is 4.57 Å². The van der Waals surface area contributed by atoms with Gasteiger partial charge in [0.15, 0.2) is 9.84 Å². The second-order valence-electron chi connectivity index (χ2n) is 7.91. The largest absolute Gasteiger partial charge is 0.478 e. The van der Waals surface area contributed by atoms with Crippen LogP contribution in [-0.2, 0) is 16.4 Å². The number of hydrogen-bond acceptors (Lipinski definition) is 5. The number of fused-ring (bicyclic) bond motifs is 1. The normalized spacial score (nSPS) is 11.5. The van der Waals surface area contributed by atoms with Crippen LogP contribution in [0.1, 0.15) is 26.4 Å². The average molecular weight is 512 g/mol. The van der Waals surface area contributed by atoms with Gasteiger partial charge < -0.3 is 10.2 Å². The van der Waals surface area contributed by atoms with Gasteiger partial charge in [-0.15, -0.1) is 0 Å². The van der Waals surface area contributed by atoms with Crippen LogP contribution in [0.4, 0.5) is 0 Å². The molecule has 1 heterocycles. The molecule has 0 spiro atoms. The van der Waals surface area contributed by atoms with Crippen LogP contribution in [0.5, 0.6) is 0 Å². The molecule has 35 heavy (non-hydrogen) atoms. The third-order valence-corrected chi connectivity index (χ3v) is 6.89. The zero-order chi connectivity index (χ0) is 25.5. The summed E-state index contributed by atoms with van der Waals surface area (Å²) in [5.74, 6) is -2.59. The summed E-state index contributed by atoms with van der Waals surface area (Å²) in [6.45, 7) is -0.158. The van der Waals surface area contributed by atoms with Gasteiger partial charge in [-0.05, 0) is 59.0 Å². The molecule has 0 aliphatic heterocycles. The molecular weight excluding hydrogens is 494 g/mol. The van der Waals surface area contributed by atoms with E-state index in [-0.39, 0.29) is 49.6 Å². The van der Waals surface area contributed by atoms with Crippen molar-refractivity contribution in [3.63, 3.8) is 0 Å². The Bertz CT molecular complexity index is 1670. The van der Waals surface area contributed by atoms with Gasteiger partial charge in [-0.3, -0.25) is 9.36 Å². The second kappa shape index (κ2) is 9.01. The Labute approximate surface area is 204 Å². The summed E-state index contributed by atoms with van der Waals surface area (Å²) in [7, 11) is -3.43. The van der Waals surface area contributed by atoms with Crippen LogP contribution in [0.15, 0.2) is 76.4 Å². The van der Waals surface area contributed by atoms with Gasteiger partial charge in [-0.1, -0.05) is 35.9 Å². The quantitative estimate of drug-likeness (QED) is 0.397. The highest BCUT2D eigenvalue weighted by Crippen LogP contribution is 2.33. The maximum absolute atomic E-state index is 13.4. The van der Waals surface area contributed by atoms with Crippen LogP contribution in [0.3, 0.4) is 0 Å². The first-order valence-corrected chi connectivity index (χ1v) is 12.5. The van der Waals surface area contributed by atoms with Crippen LogP contribution in [0, 0.1) is 0 Å². The van der Waals surface area contributed by atoms with Crippen molar-refractivity contribution >= 4 is 44.1 Å². The fraction of sp³-hybridized carbons (Fsp3) is 0.0800. The highest BCUT2D eigenvalue weighted by Gasteiger charge is 2.24. The Morgan fingerprint density at radius 1 is 0.914 bits per heavy atom. The minimum atomic E-state index is -3.43. The predicted octanol–water partition coefficient (Wildman–Crippen LogP) is 4.17. The Morgan fingerprint density at radius 2 is 1.60 bits per heavy atom. The second-order valence-corrected chi connectivity index (χ2v) is 10.4. The molecule has 0 saturated carbocycles. The van der Waals surface area contributed by atoms with Crippen molar-refractivity contribution in [3.05, 3.63) is 98.9 Å². The number of carboxylic acid groups (broad SMARTS) is 2. The van der Waals surface area contributed by atoms with E-state index in [1.165, 1.54) is 60.7 Å². The SMILES string of the molecule is CS(=O)(=O)c1ccc(Cn2c(C(=O)O)c(-c3cccc(C(=O)O)c3)c3cc(Cl)ccc3c2=O)cc1. The topological polar surface area (TPSA) is 131 Å². The van der Waals surface area contributed by atoms with Crippen molar-refractivity contribution in [2.75, 3.05) is 6.26 Å². The Morgan fingerprint density at radius 3 is 2.20 bits per heavy atom. The van der Waals surface area contributed by atoms with E-state index in [2.05, 4.69) is 0 Å². The van der Waals surface area contributed by atoms with Crippen molar-refractivity contribution in [1.29, 1.82) is 0 Å². The summed E-state index contributed by atoms with van der Waals surface area (Å²) in [5, 5.41) is 20.4. The minimum Gasteiger partial charge on any atom is -0.478 e. The maximum atomic E-state index is 13.4. The number of benzene rings is 3. The third kappa shape index (κ3) is 4.68. The molecule has 0 aliphatic rings. The van der Waals surface area contributed by atoms with Gasteiger partial charge in [-0.2, -0.15) is 0 Å². The first-order chi connectivity index (χ1) is 16.5. The lowest BCUT2D eigenvalue weighted by atomic mass is 9.95. The van der Waals surface area contributed by atoms with E-state index in [9.17, 15) is 33.0 Å². The molecule has 4 rings (SSSR count). The lowest BCUT2D eigenvalue weighted by Crippen LogP contribution is -2.28. The number of aromatic nitrogens is 1. The monoisotopic (exact) mass is 511 g/mol. The molecule has 178 valence electrons. The van der Waals surface area contributed by atoms with Crippen molar-refractivity contribution < 1.29 is 28.2 Å². The minimum absolute atomic E-state index is 0.0527. The van der Waals surface area contributed by atoms with Gasteiger partial charge >= 0.3 is 11.9 Å². The van der Waals surface area contributed by atoms with Gasteiger partial charge in [0, 0.05) is 22.2 Å². The summed E-state index contributed by atoms with van der Waals surface area (Å²) in [6, 6.07) is 16.0. The fourth-order valence-corrected chi connectivity index (χ4v) is 4.72.